The topological polar surface area (TPSA) is 71.0 Å². The maximum atomic E-state index is 12.8. The normalized spacial score (nSPS) is 17.5. The molecule has 0 radical (unpaired) electrons. The van der Waals surface area contributed by atoms with Gasteiger partial charge in [0, 0.05) is 23.7 Å². The summed E-state index contributed by atoms with van der Waals surface area (Å²) in [5, 5.41) is 3.54. The molecule has 0 aromatic heterocycles. The first kappa shape index (κ1) is 22.2. The van der Waals surface area contributed by atoms with E-state index in [-0.39, 0.29) is 18.2 Å². The molecule has 6 nitrogen and oxygen atoms in total. The highest BCUT2D eigenvalue weighted by Gasteiger charge is 2.38. The molecular formula is C22H24ClN3O3S. The first-order chi connectivity index (χ1) is 14.4. The summed E-state index contributed by atoms with van der Waals surface area (Å²) in [7, 11) is 0. The Kier molecular flexibility index (Phi) is 7.39. The van der Waals surface area contributed by atoms with Crippen molar-refractivity contribution in [3.8, 4) is 5.75 Å². The minimum absolute atomic E-state index is 0.0702. The highest BCUT2D eigenvalue weighted by Crippen LogP contribution is 2.33. The third kappa shape index (κ3) is 5.15. The molecule has 1 aliphatic rings. The highest BCUT2D eigenvalue weighted by molar-refractivity contribution is 8.15. The van der Waals surface area contributed by atoms with Crippen LogP contribution in [0.2, 0.25) is 5.02 Å². The van der Waals surface area contributed by atoms with Gasteiger partial charge >= 0.3 is 0 Å². The van der Waals surface area contributed by atoms with Gasteiger partial charge in [-0.05, 0) is 62.7 Å². The number of halogens is 1. The number of benzene rings is 2. The molecule has 158 valence electrons. The van der Waals surface area contributed by atoms with Gasteiger partial charge in [-0.3, -0.25) is 14.5 Å². The number of amidine groups is 1. The van der Waals surface area contributed by atoms with Crippen LogP contribution in [0, 0.1) is 6.92 Å². The van der Waals surface area contributed by atoms with E-state index in [4.69, 9.17) is 16.3 Å². The summed E-state index contributed by atoms with van der Waals surface area (Å²) >= 11 is 7.49. The van der Waals surface area contributed by atoms with Crippen LogP contribution in [0.3, 0.4) is 0 Å². The summed E-state index contributed by atoms with van der Waals surface area (Å²) in [6.45, 7) is 6.76. The van der Waals surface area contributed by atoms with Crippen molar-refractivity contribution in [2.45, 2.75) is 32.4 Å². The van der Waals surface area contributed by atoms with Crippen LogP contribution in [-0.2, 0) is 9.59 Å². The van der Waals surface area contributed by atoms with E-state index in [9.17, 15) is 9.59 Å². The fourth-order valence-corrected chi connectivity index (χ4v) is 4.40. The monoisotopic (exact) mass is 445 g/mol. The summed E-state index contributed by atoms with van der Waals surface area (Å²) < 4.78 is 5.40. The van der Waals surface area contributed by atoms with Crippen molar-refractivity contribution in [1.82, 2.24) is 4.90 Å². The smallest absolute Gasteiger partial charge is 0.242 e. The second kappa shape index (κ2) is 10.00. The number of carbonyl (C=O) groups is 2. The second-order valence-electron chi connectivity index (χ2n) is 6.68. The Morgan fingerprint density at radius 1 is 1.23 bits per heavy atom. The number of rotatable bonds is 7. The van der Waals surface area contributed by atoms with Crippen molar-refractivity contribution < 1.29 is 14.3 Å². The van der Waals surface area contributed by atoms with Crippen molar-refractivity contribution >= 4 is 51.7 Å². The fourth-order valence-electron chi connectivity index (χ4n) is 3.02. The molecule has 1 unspecified atom stereocenters. The molecule has 1 aliphatic heterocycles. The third-order valence-electron chi connectivity index (χ3n) is 4.61. The van der Waals surface area contributed by atoms with E-state index in [0.29, 0.717) is 29.0 Å². The van der Waals surface area contributed by atoms with E-state index in [2.05, 4.69) is 10.3 Å². The minimum Gasteiger partial charge on any atom is -0.494 e. The van der Waals surface area contributed by atoms with Crippen LogP contribution in [-0.4, -0.2) is 40.3 Å². The molecule has 0 spiro atoms. The Morgan fingerprint density at radius 3 is 2.63 bits per heavy atom. The van der Waals surface area contributed by atoms with Crippen LogP contribution < -0.4 is 10.1 Å². The Hall–Kier alpha value is -2.51. The van der Waals surface area contributed by atoms with Crippen LogP contribution in [0.5, 0.6) is 5.75 Å². The Labute approximate surface area is 185 Å². The zero-order valence-corrected chi connectivity index (χ0v) is 18.7. The van der Waals surface area contributed by atoms with Gasteiger partial charge < -0.3 is 10.1 Å². The van der Waals surface area contributed by atoms with Gasteiger partial charge in [-0.25, -0.2) is 4.99 Å². The van der Waals surface area contributed by atoms with Gasteiger partial charge in [0.05, 0.1) is 12.3 Å². The molecule has 0 bridgehead atoms. The maximum Gasteiger partial charge on any atom is 0.242 e. The molecule has 1 N–H and O–H groups in total. The number of hydrogen-bond acceptors (Lipinski definition) is 5. The Bertz CT molecular complexity index is 963. The first-order valence-corrected chi connectivity index (χ1v) is 11.0. The molecule has 3 rings (SSSR count). The van der Waals surface area contributed by atoms with Crippen LogP contribution in [0.15, 0.2) is 47.5 Å². The van der Waals surface area contributed by atoms with E-state index < -0.39 is 5.25 Å². The Balaban J connectivity index is 1.69. The molecular weight excluding hydrogens is 422 g/mol. The van der Waals surface area contributed by atoms with Gasteiger partial charge in [0.1, 0.15) is 11.0 Å². The molecule has 8 heteroatoms. The van der Waals surface area contributed by atoms with Crippen LogP contribution in [0.25, 0.3) is 0 Å². The molecule has 0 aliphatic carbocycles. The quantitative estimate of drug-likeness (QED) is 0.649. The van der Waals surface area contributed by atoms with Crippen LogP contribution in [0.1, 0.15) is 25.8 Å². The van der Waals surface area contributed by atoms with E-state index >= 15 is 0 Å². The number of carbonyl (C=O) groups excluding carboxylic acids is 2. The van der Waals surface area contributed by atoms with Gasteiger partial charge in [-0.2, -0.15) is 0 Å². The van der Waals surface area contributed by atoms with Gasteiger partial charge in [0.2, 0.25) is 11.8 Å². The van der Waals surface area contributed by atoms with E-state index in [0.717, 1.165) is 17.0 Å². The van der Waals surface area contributed by atoms with Crippen molar-refractivity contribution in [2.24, 2.45) is 4.99 Å². The van der Waals surface area contributed by atoms with E-state index in [1.165, 1.54) is 11.8 Å². The van der Waals surface area contributed by atoms with Crippen molar-refractivity contribution in [1.29, 1.82) is 0 Å². The number of hydrogen-bond donors (Lipinski definition) is 1. The number of amides is 2. The van der Waals surface area contributed by atoms with Crippen LogP contribution in [0.4, 0.5) is 11.4 Å². The number of aliphatic imine (C=N–C) groups is 1. The number of nitrogens with zero attached hydrogens (tertiary/aromatic N) is 2. The number of anilines is 1. The molecule has 1 heterocycles. The third-order valence-corrected chi connectivity index (χ3v) is 6.20. The summed E-state index contributed by atoms with van der Waals surface area (Å²) in [6.07, 6.45) is 0.0702. The molecule has 1 saturated heterocycles. The van der Waals surface area contributed by atoms with Crippen LogP contribution >= 0.6 is 23.4 Å². The van der Waals surface area contributed by atoms with Crippen molar-refractivity contribution in [3.05, 3.63) is 53.1 Å². The van der Waals surface area contributed by atoms with Gasteiger partial charge in [-0.1, -0.05) is 29.4 Å². The molecule has 30 heavy (non-hydrogen) atoms. The van der Waals surface area contributed by atoms with Gasteiger partial charge in [-0.15, -0.1) is 0 Å². The lowest BCUT2D eigenvalue weighted by Gasteiger charge is -2.14. The zero-order valence-electron chi connectivity index (χ0n) is 17.1. The SMILES string of the molecule is CCOc1ccc(NC(=O)CC2SC(=Nc3cccc(Cl)c3C)N(CC)C2=O)cc1. The minimum atomic E-state index is -0.508. The molecule has 2 aromatic carbocycles. The maximum absolute atomic E-state index is 12.8. The van der Waals surface area contributed by atoms with Gasteiger partial charge in [0.25, 0.3) is 0 Å². The summed E-state index contributed by atoms with van der Waals surface area (Å²) in [5.74, 6) is 0.414. The largest absolute Gasteiger partial charge is 0.494 e. The lowest BCUT2D eigenvalue weighted by Crippen LogP contribution is -2.33. The second-order valence-corrected chi connectivity index (χ2v) is 8.25. The average Bonchev–Trinajstić information content (AvgIpc) is 3.01. The predicted molar refractivity (Wildman–Crippen MR) is 123 cm³/mol. The number of ether oxygens (including phenoxy) is 1. The molecule has 0 saturated carbocycles. The lowest BCUT2D eigenvalue weighted by molar-refractivity contribution is -0.128. The van der Waals surface area contributed by atoms with Crippen molar-refractivity contribution in [3.63, 3.8) is 0 Å². The average molecular weight is 446 g/mol. The predicted octanol–water partition coefficient (Wildman–Crippen LogP) is 5.03. The molecule has 2 amide bonds. The van der Waals surface area contributed by atoms with Gasteiger partial charge in [0.15, 0.2) is 5.17 Å². The number of nitrogens with one attached hydrogen (secondary N) is 1. The molecule has 2 aromatic rings. The van der Waals surface area contributed by atoms with E-state index in [1.807, 2.05) is 32.9 Å². The highest BCUT2D eigenvalue weighted by atomic mass is 35.5. The molecule has 1 fully saturated rings. The number of thioether (sulfide) groups is 1. The first-order valence-electron chi connectivity index (χ1n) is 9.77. The Morgan fingerprint density at radius 2 is 1.97 bits per heavy atom. The fraction of sp³-hybridized carbons (Fsp3) is 0.318. The summed E-state index contributed by atoms with van der Waals surface area (Å²) in [6, 6.07) is 12.6. The van der Waals surface area contributed by atoms with E-state index in [1.54, 1.807) is 35.2 Å². The summed E-state index contributed by atoms with van der Waals surface area (Å²) in [5.41, 5.74) is 2.23. The summed E-state index contributed by atoms with van der Waals surface area (Å²) in [4.78, 5) is 31.6. The molecule has 1 atom stereocenters. The standard InChI is InChI=1S/C22H24ClN3O3S/c1-4-26-21(28)19(30-22(26)25-18-8-6-7-17(23)14(18)3)13-20(27)24-15-9-11-16(12-10-15)29-5-2/h6-12,19H,4-5,13H2,1-3H3,(H,24,27). The zero-order chi connectivity index (χ0) is 21.7. The lowest BCUT2D eigenvalue weighted by atomic mass is 10.2. The van der Waals surface area contributed by atoms with Crippen molar-refractivity contribution in [2.75, 3.05) is 18.5 Å².